The van der Waals surface area contributed by atoms with E-state index in [0.29, 0.717) is 19.8 Å². The summed E-state index contributed by atoms with van der Waals surface area (Å²) in [5.41, 5.74) is 2.29. The van der Waals surface area contributed by atoms with Crippen LogP contribution in [0.3, 0.4) is 0 Å². The van der Waals surface area contributed by atoms with Crippen LogP contribution in [-0.4, -0.2) is 41.3 Å². The Morgan fingerprint density at radius 3 is 2.79 bits per heavy atom. The summed E-state index contributed by atoms with van der Waals surface area (Å²) in [4.78, 5) is 16.2. The van der Waals surface area contributed by atoms with Crippen LogP contribution in [-0.2, 0) is 22.6 Å². The molecule has 1 aliphatic heterocycles. The number of rotatable bonds is 5. The van der Waals surface area contributed by atoms with Gasteiger partial charge in [0, 0.05) is 32.0 Å². The second-order valence-corrected chi connectivity index (χ2v) is 5.30. The lowest BCUT2D eigenvalue weighted by Crippen LogP contribution is -2.51. The van der Waals surface area contributed by atoms with Gasteiger partial charge in [0.2, 0.25) is 5.91 Å². The third-order valence-corrected chi connectivity index (χ3v) is 3.72. The molecule has 1 aliphatic rings. The molecule has 1 aromatic heterocycles. The second kappa shape index (κ2) is 10.3. The fourth-order valence-electron chi connectivity index (χ4n) is 2.50. The van der Waals surface area contributed by atoms with E-state index in [1.54, 1.807) is 12.5 Å². The molecule has 0 spiro atoms. The molecule has 2 heterocycles. The van der Waals surface area contributed by atoms with Gasteiger partial charge in [-0.1, -0.05) is 24.3 Å². The zero-order valence-electron chi connectivity index (χ0n) is 13.2. The van der Waals surface area contributed by atoms with Crippen molar-refractivity contribution in [2.75, 3.05) is 19.8 Å². The number of hydrogen-bond donors (Lipinski definition) is 2. The van der Waals surface area contributed by atoms with Crippen LogP contribution in [0.1, 0.15) is 11.1 Å². The Morgan fingerprint density at radius 2 is 2.12 bits per heavy atom. The van der Waals surface area contributed by atoms with Crippen molar-refractivity contribution < 1.29 is 9.53 Å². The molecule has 132 valence electrons. The summed E-state index contributed by atoms with van der Waals surface area (Å²) in [6.07, 6.45) is 5.48. The molecular formula is C16H22Cl2N4O2. The van der Waals surface area contributed by atoms with Crippen LogP contribution in [0.25, 0.3) is 0 Å². The number of aromatic nitrogens is 2. The summed E-state index contributed by atoms with van der Waals surface area (Å²) < 4.78 is 7.33. The van der Waals surface area contributed by atoms with Gasteiger partial charge in [-0.2, -0.15) is 0 Å². The predicted octanol–water partition coefficient (Wildman–Crippen LogP) is 1.38. The van der Waals surface area contributed by atoms with E-state index in [1.165, 1.54) is 5.56 Å². The number of benzene rings is 1. The lowest BCUT2D eigenvalue weighted by molar-refractivity contribution is -0.126. The minimum atomic E-state index is -0.255. The minimum absolute atomic E-state index is 0. The molecule has 6 nitrogen and oxygen atoms in total. The number of halogens is 2. The first-order valence-corrected chi connectivity index (χ1v) is 7.44. The topological polar surface area (TPSA) is 68.2 Å². The molecule has 1 unspecified atom stereocenters. The van der Waals surface area contributed by atoms with Crippen LogP contribution in [0.5, 0.6) is 0 Å². The maximum atomic E-state index is 12.1. The monoisotopic (exact) mass is 372 g/mol. The maximum Gasteiger partial charge on any atom is 0.239 e. The summed E-state index contributed by atoms with van der Waals surface area (Å²) in [7, 11) is 0. The maximum absolute atomic E-state index is 12.1. The fourth-order valence-corrected chi connectivity index (χ4v) is 2.50. The van der Waals surface area contributed by atoms with Crippen molar-refractivity contribution in [3.05, 3.63) is 54.1 Å². The Morgan fingerprint density at radius 1 is 1.33 bits per heavy atom. The van der Waals surface area contributed by atoms with Gasteiger partial charge in [-0.05, 0) is 11.1 Å². The molecule has 0 aliphatic carbocycles. The van der Waals surface area contributed by atoms with Gasteiger partial charge >= 0.3 is 0 Å². The molecule has 1 amide bonds. The largest absolute Gasteiger partial charge is 0.378 e. The van der Waals surface area contributed by atoms with Crippen molar-refractivity contribution >= 4 is 30.7 Å². The van der Waals surface area contributed by atoms with Gasteiger partial charge in [0.1, 0.15) is 6.04 Å². The number of nitrogens with zero attached hydrogens (tertiary/aromatic N) is 2. The van der Waals surface area contributed by atoms with E-state index in [-0.39, 0.29) is 36.8 Å². The zero-order chi connectivity index (χ0) is 15.2. The first-order valence-electron chi connectivity index (χ1n) is 7.44. The molecule has 24 heavy (non-hydrogen) atoms. The smallest absolute Gasteiger partial charge is 0.239 e. The summed E-state index contributed by atoms with van der Waals surface area (Å²) >= 11 is 0. The molecule has 0 radical (unpaired) electrons. The zero-order valence-corrected chi connectivity index (χ0v) is 14.8. The van der Waals surface area contributed by atoms with E-state index < -0.39 is 0 Å². The van der Waals surface area contributed by atoms with E-state index in [1.807, 2.05) is 29.0 Å². The van der Waals surface area contributed by atoms with Gasteiger partial charge in [0.15, 0.2) is 0 Å². The lowest BCUT2D eigenvalue weighted by Gasteiger charge is -2.23. The van der Waals surface area contributed by atoms with Gasteiger partial charge in [-0.15, -0.1) is 24.8 Å². The SMILES string of the molecule is Cl.Cl.O=C(NCc1ccccc1Cn1ccnc1)C1COCCN1. The number of morpholine rings is 1. The van der Waals surface area contributed by atoms with Gasteiger partial charge < -0.3 is 19.9 Å². The number of carbonyl (C=O) groups excluding carboxylic acids is 1. The first-order chi connectivity index (χ1) is 10.8. The van der Waals surface area contributed by atoms with Gasteiger partial charge in [-0.3, -0.25) is 4.79 Å². The van der Waals surface area contributed by atoms with Crippen molar-refractivity contribution in [2.45, 2.75) is 19.1 Å². The Bertz CT molecular complexity index is 616. The molecule has 1 atom stereocenters. The fraction of sp³-hybridized carbons (Fsp3) is 0.375. The number of nitrogens with one attached hydrogen (secondary N) is 2. The van der Waals surface area contributed by atoms with Gasteiger partial charge in [-0.25, -0.2) is 4.98 Å². The number of ether oxygens (including phenoxy) is 1. The van der Waals surface area contributed by atoms with Crippen molar-refractivity contribution in [1.82, 2.24) is 20.2 Å². The standard InChI is InChI=1S/C16H20N4O2.2ClH/c21-16(15-11-22-8-6-18-15)19-9-13-3-1-2-4-14(13)10-20-7-5-17-12-20;;/h1-5,7,12,15,18H,6,8-11H2,(H,19,21);2*1H. The van der Waals surface area contributed by atoms with Crippen molar-refractivity contribution in [1.29, 1.82) is 0 Å². The highest BCUT2D eigenvalue weighted by Crippen LogP contribution is 2.10. The third kappa shape index (κ3) is 5.49. The van der Waals surface area contributed by atoms with E-state index in [0.717, 1.165) is 18.7 Å². The normalized spacial score (nSPS) is 16.6. The molecule has 8 heteroatoms. The molecule has 0 bridgehead atoms. The molecule has 1 aromatic carbocycles. The number of imidazole rings is 1. The molecule has 3 rings (SSSR count). The van der Waals surface area contributed by atoms with Gasteiger partial charge in [0.05, 0.1) is 19.5 Å². The van der Waals surface area contributed by atoms with E-state index in [9.17, 15) is 4.79 Å². The van der Waals surface area contributed by atoms with E-state index in [2.05, 4.69) is 21.7 Å². The van der Waals surface area contributed by atoms with Gasteiger partial charge in [0.25, 0.3) is 0 Å². The predicted molar refractivity (Wildman–Crippen MR) is 96.7 cm³/mol. The highest BCUT2D eigenvalue weighted by molar-refractivity contribution is 5.85. The molecule has 0 saturated carbocycles. The number of amides is 1. The van der Waals surface area contributed by atoms with Crippen LogP contribution in [0.2, 0.25) is 0 Å². The quantitative estimate of drug-likeness (QED) is 0.831. The summed E-state index contributed by atoms with van der Waals surface area (Å²) in [5.74, 6) is -0.0165. The molecule has 1 fully saturated rings. The molecule has 2 aromatic rings. The summed E-state index contributed by atoms with van der Waals surface area (Å²) in [6.45, 7) is 3.08. The van der Waals surface area contributed by atoms with Crippen LogP contribution in [0, 0.1) is 0 Å². The Hall–Kier alpha value is -1.60. The average Bonchev–Trinajstić information content (AvgIpc) is 3.07. The Labute approximate surface area is 153 Å². The molecular weight excluding hydrogens is 351 g/mol. The third-order valence-electron chi connectivity index (χ3n) is 3.72. The van der Waals surface area contributed by atoms with E-state index in [4.69, 9.17) is 4.74 Å². The number of hydrogen-bond acceptors (Lipinski definition) is 4. The average molecular weight is 373 g/mol. The molecule has 2 N–H and O–H groups in total. The second-order valence-electron chi connectivity index (χ2n) is 5.30. The van der Waals surface area contributed by atoms with Crippen LogP contribution < -0.4 is 10.6 Å². The Kier molecular flexibility index (Phi) is 8.78. The van der Waals surface area contributed by atoms with Crippen LogP contribution >= 0.6 is 24.8 Å². The van der Waals surface area contributed by atoms with E-state index >= 15 is 0 Å². The Balaban J connectivity index is 0.00000144. The summed E-state index contributed by atoms with van der Waals surface area (Å²) in [5, 5.41) is 6.14. The first kappa shape index (κ1) is 20.4. The molecule has 1 saturated heterocycles. The highest BCUT2D eigenvalue weighted by Gasteiger charge is 2.20. The van der Waals surface area contributed by atoms with Crippen LogP contribution in [0.15, 0.2) is 43.0 Å². The van der Waals surface area contributed by atoms with Crippen molar-refractivity contribution in [3.8, 4) is 0 Å². The van der Waals surface area contributed by atoms with Crippen molar-refractivity contribution in [2.24, 2.45) is 0 Å². The minimum Gasteiger partial charge on any atom is -0.378 e. The number of carbonyl (C=O) groups is 1. The lowest BCUT2D eigenvalue weighted by atomic mass is 10.1. The van der Waals surface area contributed by atoms with Crippen LogP contribution in [0.4, 0.5) is 0 Å². The summed E-state index contributed by atoms with van der Waals surface area (Å²) in [6, 6.07) is 7.85. The highest BCUT2D eigenvalue weighted by atomic mass is 35.5. The van der Waals surface area contributed by atoms with Crippen molar-refractivity contribution in [3.63, 3.8) is 0 Å².